The van der Waals surface area contributed by atoms with Crippen LogP contribution in [0.15, 0.2) is 59.3 Å². The maximum absolute atomic E-state index is 12.7. The van der Waals surface area contributed by atoms with E-state index in [1.807, 2.05) is 43.3 Å². The second-order valence-electron chi connectivity index (χ2n) is 7.05. The molecule has 0 bridgehead atoms. The normalized spacial score (nSPS) is 10.8. The van der Waals surface area contributed by atoms with Crippen LogP contribution < -0.4 is 14.8 Å². The molecule has 4 aromatic rings. The van der Waals surface area contributed by atoms with Gasteiger partial charge in [0.25, 0.3) is 5.89 Å². The van der Waals surface area contributed by atoms with E-state index < -0.39 is 0 Å². The molecule has 0 spiro atoms. The van der Waals surface area contributed by atoms with Crippen LogP contribution in [0.1, 0.15) is 5.56 Å². The van der Waals surface area contributed by atoms with Gasteiger partial charge in [-0.15, -0.1) is 0 Å². The first-order valence-corrected chi connectivity index (χ1v) is 10.1. The number of methoxy groups -OCH3 is 2. The second kappa shape index (κ2) is 9.15. The maximum atomic E-state index is 12.7. The Bertz CT molecular complexity index is 1250. The molecule has 0 aliphatic heterocycles. The molecule has 164 valence electrons. The van der Waals surface area contributed by atoms with Crippen molar-refractivity contribution in [2.24, 2.45) is 0 Å². The van der Waals surface area contributed by atoms with E-state index in [4.69, 9.17) is 25.6 Å². The molecular weight excluding hydrogens is 432 g/mol. The van der Waals surface area contributed by atoms with Crippen LogP contribution in [0.3, 0.4) is 0 Å². The summed E-state index contributed by atoms with van der Waals surface area (Å²) in [5.74, 6) is 1.42. The van der Waals surface area contributed by atoms with E-state index in [9.17, 15) is 4.79 Å². The topological polar surface area (TPSA) is 91.4 Å². The number of carbonyl (C=O) groups excluding carboxylic acids is 1. The highest BCUT2D eigenvalue weighted by atomic mass is 35.5. The van der Waals surface area contributed by atoms with Crippen molar-refractivity contribution in [2.45, 2.75) is 13.5 Å². The minimum Gasteiger partial charge on any atom is -0.495 e. The van der Waals surface area contributed by atoms with Crippen molar-refractivity contribution in [1.29, 1.82) is 0 Å². The smallest absolute Gasteiger partial charge is 0.274 e. The Kier molecular flexibility index (Phi) is 6.13. The zero-order valence-corrected chi connectivity index (χ0v) is 18.5. The number of nitrogens with zero attached hydrogens (tertiary/aromatic N) is 3. The second-order valence-corrected chi connectivity index (χ2v) is 7.45. The van der Waals surface area contributed by atoms with Crippen molar-refractivity contribution in [3.05, 3.63) is 65.3 Å². The van der Waals surface area contributed by atoms with E-state index in [0.29, 0.717) is 39.6 Å². The highest BCUT2D eigenvalue weighted by Crippen LogP contribution is 2.36. The molecule has 0 saturated heterocycles. The van der Waals surface area contributed by atoms with Gasteiger partial charge in [-0.05, 0) is 25.1 Å². The van der Waals surface area contributed by atoms with E-state index in [-0.39, 0.29) is 12.5 Å². The lowest BCUT2D eigenvalue weighted by Gasteiger charge is -2.13. The number of rotatable bonds is 7. The first kappa shape index (κ1) is 21.5. The van der Waals surface area contributed by atoms with Crippen LogP contribution in [0, 0.1) is 6.92 Å². The third-order valence-corrected chi connectivity index (χ3v) is 5.14. The van der Waals surface area contributed by atoms with Gasteiger partial charge >= 0.3 is 0 Å². The molecule has 2 heterocycles. The van der Waals surface area contributed by atoms with Crippen molar-refractivity contribution >= 4 is 23.2 Å². The quantitative estimate of drug-likeness (QED) is 0.432. The Labute approximate surface area is 189 Å². The van der Waals surface area contributed by atoms with Crippen LogP contribution in [0.2, 0.25) is 5.02 Å². The summed E-state index contributed by atoms with van der Waals surface area (Å²) in [6.07, 6.45) is 1.77. The number of hydrogen-bond donors (Lipinski definition) is 1. The third kappa shape index (κ3) is 4.45. The first-order valence-electron chi connectivity index (χ1n) is 9.76. The van der Waals surface area contributed by atoms with Gasteiger partial charge in [0.15, 0.2) is 0 Å². The van der Waals surface area contributed by atoms with E-state index in [1.54, 1.807) is 22.9 Å². The molecule has 2 aromatic heterocycles. The van der Waals surface area contributed by atoms with Gasteiger partial charge in [-0.3, -0.25) is 4.79 Å². The summed E-state index contributed by atoms with van der Waals surface area (Å²) in [6.45, 7) is 2.04. The highest BCUT2D eigenvalue weighted by Gasteiger charge is 2.17. The van der Waals surface area contributed by atoms with E-state index in [2.05, 4.69) is 15.5 Å². The molecule has 9 heteroatoms. The number of aromatic nitrogens is 3. The van der Waals surface area contributed by atoms with Gasteiger partial charge in [0.2, 0.25) is 11.7 Å². The molecule has 0 unspecified atom stereocenters. The van der Waals surface area contributed by atoms with Crippen LogP contribution in [-0.4, -0.2) is 34.8 Å². The van der Waals surface area contributed by atoms with Crippen LogP contribution >= 0.6 is 11.6 Å². The lowest BCUT2D eigenvalue weighted by atomic mass is 10.1. The number of carbonyl (C=O) groups is 1. The Morgan fingerprint density at radius 2 is 1.88 bits per heavy atom. The summed E-state index contributed by atoms with van der Waals surface area (Å²) in [4.78, 5) is 17.2. The van der Waals surface area contributed by atoms with E-state index >= 15 is 0 Å². The van der Waals surface area contributed by atoms with Crippen LogP contribution in [0.25, 0.3) is 23.0 Å². The number of aryl methyl sites for hydroxylation is 1. The molecule has 0 fully saturated rings. The standard InChI is InChI=1S/C23H21ClN4O4/c1-14-6-8-15(9-7-14)22-26-23(32-27-22)18-5-4-10-28(18)13-21(29)25-17-11-16(24)19(30-2)12-20(17)31-3/h4-12H,13H2,1-3H3,(H,25,29). The Morgan fingerprint density at radius 1 is 1.12 bits per heavy atom. The fraction of sp³-hybridized carbons (Fsp3) is 0.174. The predicted molar refractivity (Wildman–Crippen MR) is 121 cm³/mol. The summed E-state index contributed by atoms with van der Waals surface area (Å²) < 4.78 is 17.7. The maximum Gasteiger partial charge on any atom is 0.274 e. The number of ether oxygens (including phenoxy) is 2. The van der Waals surface area contributed by atoms with Gasteiger partial charge in [-0.2, -0.15) is 4.98 Å². The number of nitrogens with one attached hydrogen (secondary N) is 1. The molecule has 1 amide bonds. The van der Waals surface area contributed by atoms with Crippen LogP contribution in [0.5, 0.6) is 11.5 Å². The summed E-state index contributed by atoms with van der Waals surface area (Å²) in [6, 6.07) is 14.7. The van der Waals surface area contributed by atoms with Crippen molar-refractivity contribution in [3.8, 4) is 34.5 Å². The molecule has 32 heavy (non-hydrogen) atoms. The summed E-state index contributed by atoms with van der Waals surface area (Å²) >= 11 is 6.19. The Hall–Kier alpha value is -3.78. The minimum atomic E-state index is -0.278. The van der Waals surface area contributed by atoms with Crippen LogP contribution in [0.4, 0.5) is 5.69 Å². The molecule has 0 radical (unpaired) electrons. The number of anilines is 1. The van der Waals surface area contributed by atoms with Gasteiger partial charge in [0.1, 0.15) is 23.7 Å². The fourth-order valence-corrected chi connectivity index (χ4v) is 3.44. The number of halogens is 1. The molecule has 8 nitrogen and oxygen atoms in total. The first-order chi connectivity index (χ1) is 15.5. The summed E-state index contributed by atoms with van der Waals surface area (Å²) in [5, 5.41) is 7.24. The molecule has 0 aliphatic rings. The van der Waals surface area contributed by atoms with Crippen molar-refractivity contribution in [2.75, 3.05) is 19.5 Å². The summed E-state index contributed by atoms with van der Waals surface area (Å²) in [7, 11) is 3.01. The number of hydrogen-bond acceptors (Lipinski definition) is 6. The lowest BCUT2D eigenvalue weighted by Crippen LogP contribution is -2.19. The average molecular weight is 453 g/mol. The number of amides is 1. The van der Waals surface area contributed by atoms with Crippen molar-refractivity contribution in [3.63, 3.8) is 0 Å². The monoisotopic (exact) mass is 452 g/mol. The van der Waals surface area contributed by atoms with Gasteiger partial charge in [-0.1, -0.05) is 46.6 Å². The van der Waals surface area contributed by atoms with Gasteiger partial charge in [0.05, 0.1) is 24.9 Å². The van der Waals surface area contributed by atoms with Gasteiger partial charge in [-0.25, -0.2) is 0 Å². The van der Waals surface area contributed by atoms with E-state index in [0.717, 1.165) is 11.1 Å². The Balaban J connectivity index is 1.52. The average Bonchev–Trinajstić information content (AvgIpc) is 3.44. The summed E-state index contributed by atoms with van der Waals surface area (Å²) in [5.41, 5.74) is 3.07. The van der Waals surface area contributed by atoms with Crippen molar-refractivity contribution < 1.29 is 18.8 Å². The third-order valence-electron chi connectivity index (χ3n) is 4.85. The molecule has 4 rings (SSSR count). The zero-order chi connectivity index (χ0) is 22.7. The highest BCUT2D eigenvalue weighted by molar-refractivity contribution is 6.32. The number of benzene rings is 2. The SMILES string of the molecule is COc1cc(OC)c(NC(=O)Cn2cccc2-c2nc(-c3ccc(C)cc3)no2)cc1Cl. The zero-order valence-electron chi connectivity index (χ0n) is 17.8. The largest absolute Gasteiger partial charge is 0.495 e. The molecule has 0 atom stereocenters. The molecule has 1 N–H and O–H groups in total. The van der Waals surface area contributed by atoms with E-state index in [1.165, 1.54) is 14.2 Å². The lowest BCUT2D eigenvalue weighted by molar-refractivity contribution is -0.116. The van der Waals surface area contributed by atoms with Crippen molar-refractivity contribution in [1.82, 2.24) is 14.7 Å². The van der Waals surface area contributed by atoms with Gasteiger partial charge < -0.3 is 23.9 Å². The minimum absolute atomic E-state index is 0.0252. The predicted octanol–water partition coefficient (Wildman–Crippen LogP) is 4.82. The van der Waals surface area contributed by atoms with Crippen LogP contribution in [-0.2, 0) is 11.3 Å². The molecular formula is C23H21ClN4O4. The molecule has 2 aromatic carbocycles. The van der Waals surface area contributed by atoms with Gasteiger partial charge in [0, 0.05) is 17.8 Å². The Morgan fingerprint density at radius 3 is 2.59 bits per heavy atom. The fourth-order valence-electron chi connectivity index (χ4n) is 3.20. The molecule has 0 aliphatic carbocycles. The molecule has 0 saturated carbocycles.